The molecule has 0 saturated heterocycles. The summed E-state index contributed by atoms with van der Waals surface area (Å²) in [6, 6.07) is 20.1. The Balaban J connectivity index is 1.35. The summed E-state index contributed by atoms with van der Waals surface area (Å²) in [5, 5.41) is 3.02. The van der Waals surface area contributed by atoms with Gasteiger partial charge in [0, 0.05) is 25.1 Å². The van der Waals surface area contributed by atoms with Crippen LogP contribution in [-0.2, 0) is 13.0 Å². The van der Waals surface area contributed by atoms with E-state index in [1.807, 2.05) is 0 Å². The number of amides is 1. The topological polar surface area (TPSA) is 56.1 Å². The van der Waals surface area contributed by atoms with Crippen molar-refractivity contribution >= 4 is 16.9 Å². The lowest BCUT2D eigenvalue weighted by molar-refractivity contribution is 0.0953. The molecule has 4 aromatic rings. The highest BCUT2D eigenvalue weighted by Crippen LogP contribution is 2.23. The molecule has 0 atom stereocenters. The minimum atomic E-state index is -0.0433. The number of benzene rings is 3. The molecule has 5 nitrogen and oxygen atoms in total. The Labute approximate surface area is 208 Å². The number of unbranched alkanes of at least 4 members (excludes halogenated alkanes) is 2. The normalized spacial score (nSPS) is 11.1. The Bertz CT molecular complexity index is 1280. The number of hydrogen-bond donors (Lipinski definition) is 1. The first-order valence-electron chi connectivity index (χ1n) is 12.4. The van der Waals surface area contributed by atoms with Crippen LogP contribution in [0.25, 0.3) is 11.0 Å². The number of imidazole rings is 1. The molecule has 4 rings (SSSR count). The molecule has 0 radical (unpaired) electrons. The van der Waals surface area contributed by atoms with Crippen LogP contribution in [0.3, 0.4) is 0 Å². The number of aryl methyl sites for hydroxylation is 4. The van der Waals surface area contributed by atoms with Crippen molar-refractivity contribution < 1.29 is 9.53 Å². The molecule has 35 heavy (non-hydrogen) atoms. The van der Waals surface area contributed by atoms with Gasteiger partial charge in [0.15, 0.2) is 0 Å². The first kappa shape index (κ1) is 24.5. The van der Waals surface area contributed by atoms with Gasteiger partial charge in [-0.05, 0) is 86.7 Å². The van der Waals surface area contributed by atoms with Gasteiger partial charge in [-0.3, -0.25) is 4.79 Å². The largest absolute Gasteiger partial charge is 0.497 e. The lowest BCUT2D eigenvalue weighted by atomic mass is 9.99. The van der Waals surface area contributed by atoms with Crippen molar-refractivity contribution in [1.29, 1.82) is 0 Å². The minimum absolute atomic E-state index is 0.0433. The van der Waals surface area contributed by atoms with Crippen LogP contribution in [0.5, 0.6) is 5.75 Å². The van der Waals surface area contributed by atoms with Gasteiger partial charge in [-0.25, -0.2) is 4.98 Å². The number of methoxy groups -OCH3 is 1. The molecule has 182 valence electrons. The van der Waals surface area contributed by atoms with Crippen molar-refractivity contribution in [3.63, 3.8) is 0 Å². The molecule has 0 bridgehead atoms. The number of para-hydroxylation sites is 2. The second-order valence-corrected chi connectivity index (χ2v) is 9.28. The highest BCUT2D eigenvalue weighted by Gasteiger charge is 2.13. The van der Waals surface area contributed by atoms with E-state index in [4.69, 9.17) is 9.72 Å². The summed E-state index contributed by atoms with van der Waals surface area (Å²) in [4.78, 5) is 17.3. The first-order valence-corrected chi connectivity index (χ1v) is 12.4. The van der Waals surface area contributed by atoms with E-state index in [1.165, 1.54) is 27.8 Å². The van der Waals surface area contributed by atoms with Crippen LogP contribution in [-0.4, -0.2) is 29.1 Å². The summed E-state index contributed by atoms with van der Waals surface area (Å²) >= 11 is 0. The molecule has 1 aromatic heterocycles. The van der Waals surface area contributed by atoms with E-state index in [0.717, 1.165) is 49.3 Å². The molecule has 1 amide bonds. The average Bonchev–Trinajstić information content (AvgIpc) is 3.20. The Morgan fingerprint density at radius 2 is 1.66 bits per heavy atom. The Morgan fingerprint density at radius 3 is 2.37 bits per heavy atom. The van der Waals surface area contributed by atoms with Crippen molar-refractivity contribution in [1.82, 2.24) is 14.9 Å². The average molecular weight is 470 g/mol. The second kappa shape index (κ2) is 11.2. The van der Waals surface area contributed by atoms with Crippen molar-refractivity contribution in [3.8, 4) is 5.75 Å². The molecule has 0 aliphatic rings. The van der Waals surface area contributed by atoms with Gasteiger partial charge < -0.3 is 14.6 Å². The van der Waals surface area contributed by atoms with E-state index in [0.29, 0.717) is 12.1 Å². The highest BCUT2D eigenvalue weighted by atomic mass is 16.5. The maximum absolute atomic E-state index is 12.3. The molecule has 0 aliphatic carbocycles. The summed E-state index contributed by atoms with van der Waals surface area (Å²) in [5.74, 6) is 1.84. The van der Waals surface area contributed by atoms with Gasteiger partial charge in [-0.15, -0.1) is 0 Å². The Morgan fingerprint density at radius 1 is 0.943 bits per heavy atom. The summed E-state index contributed by atoms with van der Waals surface area (Å²) in [5.41, 5.74) is 8.24. The fourth-order valence-electron chi connectivity index (χ4n) is 4.74. The van der Waals surface area contributed by atoms with Crippen LogP contribution >= 0.6 is 0 Å². The third-order valence-corrected chi connectivity index (χ3v) is 6.61. The number of ether oxygens (including phenoxy) is 1. The molecule has 1 heterocycles. The van der Waals surface area contributed by atoms with E-state index < -0.39 is 0 Å². The Hall–Kier alpha value is -3.60. The van der Waals surface area contributed by atoms with E-state index in [2.05, 4.69) is 67.1 Å². The van der Waals surface area contributed by atoms with E-state index in [-0.39, 0.29) is 5.91 Å². The lowest BCUT2D eigenvalue weighted by Gasteiger charge is -2.15. The monoisotopic (exact) mass is 469 g/mol. The molecule has 0 saturated carbocycles. The van der Waals surface area contributed by atoms with Gasteiger partial charge in [0.1, 0.15) is 11.6 Å². The van der Waals surface area contributed by atoms with Gasteiger partial charge >= 0.3 is 0 Å². The zero-order valence-corrected chi connectivity index (χ0v) is 21.2. The number of carbonyl (C=O) groups is 1. The smallest absolute Gasteiger partial charge is 0.251 e. The molecule has 0 fully saturated rings. The van der Waals surface area contributed by atoms with Gasteiger partial charge in [0.05, 0.1) is 18.1 Å². The van der Waals surface area contributed by atoms with Crippen LogP contribution in [0, 0.1) is 20.8 Å². The third kappa shape index (κ3) is 5.91. The van der Waals surface area contributed by atoms with Gasteiger partial charge in [0.2, 0.25) is 0 Å². The zero-order valence-electron chi connectivity index (χ0n) is 21.2. The van der Waals surface area contributed by atoms with E-state index in [1.54, 1.807) is 31.4 Å². The van der Waals surface area contributed by atoms with Crippen LogP contribution in [0.4, 0.5) is 0 Å². The number of aromatic nitrogens is 2. The quantitative estimate of drug-likeness (QED) is 0.283. The van der Waals surface area contributed by atoms with Gasteiger partial charge in [0.25, 0.3) is 5.91 Å². The molecular weight excluding hydrogens is 434 g/mol. The zero-order chi connectivity index (χ0) is 24.8. The molecule has 5 heteroatoms. The standard InChI is InChI=1S/C30H35N3O2/c1-21-18-22(2)26(23(3)19-21)20-33-28-11-8-7-10-27(28)32-29(33)12-6-5-9-17-31-30(34)24-13-15-25(35-4)16-14-24/h7-8,10-11,13-16,18-19H,5-6,9,12,17,20H2,1-4H3,(H,31,34). The summed E-state index contributed by atoms with van der Waals surface area (Å²) < 4.78 is 7.53. The fraction of sp³-hybridized carbons (Fsp3) is 0.333. The summed E-state index contributed by atoms with van der Waals surface area (Å²) in [6.45, 7) is 8.07. The molecule has 0 unspecified atom stereocenters. The number of nitrogens with zero attached hydrogens (tertiary/aromatic N) is 2. The predicted octanol–water partition coefficient (Wildman–Crippen LogP) is 6.16. The molecule has 3 aromatic carbocycles. The van der Waals surface area contributed by atoms with Crippen molar-refractivity contribution in [2.45, 2.75) is 53.0 Å². The van der Waals surface area contributed by atoms with E-state index >= 15 is 0 Å². The minimum Gasteiger partial charge on any atom is -0.497 e. The van der Waals surface area contributed by atoms with Gasteiger partial charge in [-0.1, -0.05) is 36.2 Å². The SMILES string of the molecule is COc1ccc(C(=O)NCCCCCc2nc3ccccc3n2Cc2c(C)cc(C)cc2C)cc1. The van der Waals surface area contributed by atoms with Gasteiger partial charge in [-0.2, -0.15) is 0 Å². The molecule has 1 N–H and O–H groups in total. The molecule has 0 spiro atoms. The molecule has 0 aliphatic heterocycles. The van der Waals surface area contributed by atoms with Crippen molar-refractivity contribution in [2.75, 3.05) is 13.7 Å². The Kier molecular flexibility index (Phi) is 7.86. The number of carbonyl (C=O) groups excluding carboxylic acids is 1. The second-order valence-electron chi connectivity index (χ2n) is 9.28. The number of nitrogens with one attached hydrogen (secondary N) is 1. The lowest BCUT2D eigenvalue weighted by Crippen LogP contribution is -2.24. The van der Waals surface area contributed by atoms with Crippen LogP contribution in [0.2, 0.25) is 0 Å². The fourth-order valence-corrected chi connectivity index (χ4v) is 4.74. The predicted molar refractivity (Wildman–Crippen MR) is 142 cm³/mol. The maximum atomic E-state index is 12.3. The molecular formula is C30H35N3O2. The maximum Gasteiger partial charge on any atom is 0.251 e. The summed E-state index contributed by atoms with van der Waals surface area (Å²) in [7, 11) is 1.62. The van der Waals surface area contributed by atoms with Crippen LogP contribution < -0.4 is 10.1 Å². The number of rotatable bonds is 10. The van der Waals surface area contributed by atoms with E-state index in [9.17, 15) is 4.79 Å². The van der Waals surface area contributed by atoms with Crippen molar-refractivity contribution in [2.24, 2.45) is 0 Å². The first-order chi connectivity index (χ1) is 17.0. The van der Waals surface area contributed by atoms with Crippen molar-refractivity contribution in [3.05, 3.63) is 94.3 Å². The number of fused-ring (bicyclic) bond motifs is 1. The van der Waals surface area contributed by atoms with Crippen LogP contribution in [0.15, 0.2) is 60.7 Å². The number of hydrogen-bond acceptors (Lipinski definition) is 3. The van der Waals surface area contributed by atoms with Crippen LogP contribution in [0.1, 0.15) is 57.7 Å². The third-order valence-electron chi connectivity index (χ3n) is 6.61. The summed E-state index contributed by atoms with van der Waals surface area (Å²) in [6.07, 6.45) is 3.94. The highest BCUT2D eigenvalue weighted by molar-refractivity contribution is 5.94.